The first kappa shape index (κ1) is 10.3. The van der Waals surface area contributed by atoms with Crippen LogP contribution in [-0.4, -0.2) is 10.0 Å². The highest BCUT2D eigenvalue weighted by molar-refractivity contribution is 9.08. The first-order valence-electron chi connectivity index (χ1n) is 3.28. The van der Waals surface area contributed by atoms with Gasteiger partial charge in [0.15, 0.2) is 0 Å². The fraction of sp³-hybridized carbons (Fsp3) is 0.143. The molecule has 4 nitrogen and oxygen atoms in total. The molecule has 0 aliphatic rings. The van der Waals surface area contributed by atoms with Gasteiger partial charge < -0.3 is 5.11 Å². The lowest BCUT2D eigenvalue weighted by Gasteiger charge is -2.01. The molecule has 1 N–H and O–H groups in total. The lowest BCUT2D eigenvalue weighted by Crippen LogP contribution is -1.93. The number of hydrogen-bond donors (Lipinski definition) is 1. The van der Waals surface area contributed by atoms with Gasteiger partial charge in [-0.25, -0.2) is 0 Å². The van der Waals surface area contributed by atoms with Crippen molar-refractivity contribution < 1.29 is 10.0 Å². The minimum absolute atomic E-state index is 0.0172. The smallest absolute Gasteiger partial charge is 0.275 e. The van der Waals surface area contributed by atoms with Crippen LogP contribution in [0.2, 0.25) is 5.02 Å². The van der Waals surface area contributed by atoms with Crippen LogP contribution in [0.1, 0.15) is 5.56 Å². The number of nitro benzene ring substituents is 1. The second-order valence-electron chi connectivity index (χ2n) is 2.32. The molecule has 70 valence electrons. The molecule has 0 aromatic heterocycles. The van der Waals surface area contributed by atoms with Crippen LogP contribution >= 0.6 is 27.5 Å². The molecular weight excluding hydrogens is 261 g/mol. The molecule has 1 aromatic carbocycles. The van der Waals surface area contributed by atoms with E-state index in [9.17, 15) is 10.1 Å². The minimum Gasteiger partial charge on any atom is -0.506 e. The molecule has 6 heteroatoms. The summed E-state index contributed by atoms with van der Waals surface area (Å²) in [5.74, 6) is -0.151. The van der Waals surface area contributed by atoms with Crippen molar-refractivity contribution in [2.24, 2.45) is 0 Å². The number of alkyl halides is 1. The zero-order valence-electron chi connectivity index (χ0n) is 6.33. The Labute approximate surface area is 87.4 Å². The van der Waals surface area contributed by atoms with Gasteiger partial charge in [0.25, 0.3) is 5.69 Å². The highest BCUT2D eigenvalue weighted by atomic mass is 79.9. The molecule has 0 atom stereocenters. The van der Waals surface area contributed by atoms with Crippen LogP contribution in [0.15, 0.2) is 12.1 Å². The number of phenolic OH excluding ortho intramolecular Hbond substituents is 1. The molecule has 0 heterocycles. The van der Waals surface area contributed by atoms with Gasteiger partial charge in [0.2, 0.25) is 0 Å². The molecular formula is C7H5BrClNO3. The molecule has 0 bridgehead atoms. The highest BCUT2D eigenvalue weighted by Crippen LogP contribution is 2.32. The molecule has 0 saturated carbocycles. The van der Waals surface area contributed by atoms with Crippen LogP contribution < -0.4 is 0 Å². The van der Waals surface area contributed by atoms with E-state index in [1.165, 1.54) is 6.07 Å². The van der Waals surface area contributed by atoms with E-state index >= 15 is 0 Å². The average Bonchev–Trinajstić information content (AvgIpc) is 2.08. The van der Waals surface area contributed by atoms with E-state index in [0.29, 0.717) is 10.9 Å². The molecule has 0 aliphatic heterocycles. The summed E-state index contributed by atoms with van der Waals surface area (Å²) in [4.78, 5) is 9.95. The Hall–Kier alpha value is -0.810. The molecule has 0 radical (unpaired) electrons. The second-order valence-corrected chi connectivity index (χ2v) is 3.29. The topological polar surface area (TPSA) is 63.4 Å². The average molecular weight is 266 g/mol. The summed E-state index contributed by atoms with van der Waals surface area (Å²) in [5.41, 5.74) is 0.298. The van der Waals surface area contributed by atoms with Gasteiger partial charge in [-0.15, -0.1) is 0 Å². The molecule has 13 heavy (non-hydrogen) atoms. The largest absolute Gasteiger partial charge is 0.506 e. The number of nitro groups is 1. The summed E-state index contributed by atoms with van der Waals surface area (Å²) < 4.78 is 0. The van der Waals surface area contributed by atoms with Crippen LogP contribution in [0.25, 0.3) is 0 Å². The number of benzene rings is 1. The van der Waals surface area contributed by atoms with E-state index in [1.54, 1.807) is 0 Å². The number of phenols is 1. The third-order valence-electron chi connectivity index (χ3n) is 1.49. The number of rotatable bonds is 2. The zero-order chi connectivity index (χ0) is 10.0. The van der Waals surface area contributed by atoms with Crippen LogP contribution in [0.5, 0.6) is 5.75 Å². The molecule has 0 fully saturated rings. The molecule has 1 rings (SSSR count). The van der Waals surface area contributed by atoms with Gasteiger partial charge in [0.1, 0.15) is 5.75 Å². The van der Waals surface area contributed by atoms with Crippen molar-refractivity contribution in [3.63, 3.8) is 0 Å². The Morgan fingerprint density at radius 3 is 2.69 bits per heavy atom. The number of nitrogens with zero attached hydrogens (tertiary/aromatic N) is 1. The van der Waals surface area contributed by atoms with Crippen molar-refractivity contribution >= 4 is 33.2 Å². The second kappa shape index (κ2) is 3.93. The van der Waals surface area contributed by atoms with Crippen molar-refractivity contribution in [2.75, 3.05) is 0 Å². The van der Waals surface area contributed by atoms with E-state index in [1.807, 2.05) is 0 Å². The third kappa shape index (κ3) is 2.10. The van der Waals surface area contributed by atoms with Crippen molar-refractivity contribution in [3.8, 4) is 5.75 Å². The Balaban J connectivity index is 3.33. The monoisotopic (exact) mass is 265 g/mol. The molecule has 1 aromatic rings. The van der Waals surface area contributed by atoms with E-state index in [2.05, 4.69) is 15.9 Å². The lowest BCUT2D eigenvalue weighted by molar-refractivity contribution is -0.385. The van der Waals surface area contributed by atoms with E-state index < -0.39 is 4.92 Å². The summed E-state index contributed by atoms with van der Waals surface area (Å²) in [7, 11) is 0. The summed E-state index contributed by atoms with van der Waals surface area (Å²) >= 11 is 8.59. The molecule has 0 spiro atoms. The fourth-order valence-electron chi connectivity index (χ4n) is 0.872. The van der Waals surface area contributed by atoms with Gasteiger partial charge >= 0.3 is 0 Å². The first-order valence-corrected chi connectivity index (χ1v) is 4.78. The van der Waals surface area contributed by atoms with Gasteiger partial charge in [-0.2, -0.15) is 0 Å². The Morgan fingerprint density at radius 2 is 2.23 bits per heavy atom. The van der Waals surface area contributed by atoms with Crippen LogP contribution in [0, 0.1) is 10.1 Å². The molecule has 0 amide bonds. The molecule has 0 aliphatic carbocycles. The minimum atomic E-state index is -0.540. The standard InChI is InChI=1S/C7H5BrClNO3/c8-3-4-1-7(11)5(9)2-6(4)10(12)13/h1-2,11H,3H2. The zero-order valence-corrected chi connectivity index (χ0v) is 8.67. The maximum atomic E-state index is 10.5. The fourth-order valence-corrected chi connectivity index (χ4v) is 1.48. The third-order valence-corrected chi connectivity index (χ3v) is 2.40. The molecule has 0 unspecified atom stereocenters. The molecule has 0 saturated heterocycles. The van der Waals surface area contributed by atoms with E-state index in [-0.39, 0.29) is 16.5 Å². The maximum absolute atomic E-state index is 10.5. The van der Waals surface area contributed by atoms with Gasteiger partial charge in [-0.1, -0.05) is 27.5 Å². The summed E-state index contributed by atoms with van der Waals surface area (Å²) in [6.45, 7) is 0. The number of halogens is 2. The summed E-state index contributed by atoms with van der Waals surface area (Å²) in [6.07, 6.45) is 0. The van der Waals surface area contributed by atoms with Gasteiger partial charge in [0.05, 0.1) is 9.95 Å². The van der Waals surface area contributed by atoms with Crippen LogP contribution in [0.4, 0.5) is 5.69 Å². The SMILES string of the molecule is O=[N+]([O-])c1cc(Cl)c(O)cc1CBr. The van der Waals surface area contributed by atoms with Gasteiger partial charge in [-0.3, -0.25) is 10.1 Å². The van der Waals surface area contributed by atoms with Crippen molar-refractivity contribution in [2.45, 2.75) is 5.33 Å². The highest BCUT2D eigenvalue weighted by Gasteiger charge is 2.15. The van der Waals surface area contributed by atoms with Crippen LogP contribution in [0.3, 0.4) is 0 Å². The van der Waals surface area contributed by atoms with Crippen molar-refractivity contribution in [1.82, 2.24) is 0 Å². The van der Waals surface area contributed by atoms with Crippen molar-refractivity contribution in [3.05, 3.63) is 32.8 Å². The number of hydrogen-bond acceptors (Lipinski definition) is 3. The van der Waals surface area contributed by atoms with Gasteiger partial charge in [0, 0.05) is 17.0 Å². The predicted molar refractivity (Wildman–Crippen MR) is 52.4 cm³/mol. The van der Waals surface area contributed by atoms with Crippen molar-refractivity contribution in [1.29, 1.82) is 0 Å². The Morgan fingerprint density at radius 1 is 1.62 bits per heavy atom. The summed E-state index contributed by atoms with van der Waals surface area (Å²) in [5, 5.41) is 19.9. The Bertz CT molecular complexity index is 356. The first-order chi connectivity index (χ1) is 6.06. The van der Waals surface area contributed by atoms with E-state index in [0.717, 1.165) is 6.07 Å². The lowest BCUT2D eigenvalue weighted by atomic mass is 10.2. The van der Waals surface area contributed by atoms with Gasteiger partial charge in [-0.05, 0) is 6.07 Å². The maximum Gasteiger partial charge on any atom is 0.275 e. The van der Waals surface area contributed by atoms with E-state index in [4.69, 9.17) is 16.7 Å². The quantitative estimate of drug-likeness (QED) is 0.508. The number of aromatic hydroxyl groups is 1. The predicted octanol–water partition coefficient (Wildman–Crippen LogP) is 2.85. The van der Waals surface area contributed by atoms with Crippen LogP contribution in [-0.2, 0) is 5.33 Å². The summed E-state index contributed by atoms with van der Waals surface area (Å²) in [6, 6.07) is 2.41. The normalized spacial score (nSPS) is 10.0. The Kier molecular flexibility index (Phi) is 3.11.